The van der Waals surface area contributed by atoms with Crippen molar-refractivity contribution in [3.63, 3.8) is 0 Å². The van der Waals surface area contributed by atoms with E-state index in [0.717, 1.165) is 5.69 Å². The maximum Gasteiger partial charge on any atom is 0.0880 e. The first-order valence-corrected chi connectivity index (χ1v) is 14.2. The fourth-order valence-electron chi connectivity index (χ4n) is 6.05. The van der Waals surface area contributed by atoms with Gasteiger partial charge in [0.05, 0.1) is 10.4 Å². The van der Waals surface area contributed by atoms with Crippen LogP contribution in [0, 0.1) is 13.8 Å². The van der Waals surface area contributed by atoms with Gasteiger partial charge >= 0.3 is 0 Å². The van der Waals surface area contributed by atoms with Crippen LogP contribution in [-0.2, 0) is 0 Å². The van der Waals surface area contributed by atoms with Gasteiger partial charge in [0.15, 0.2) is 0 Å². The quantitative estimate of drug-likeness (QED) is 0.217. The number of pyridine rings is 1. The maximum atomic E-state index is 4.98. The van der Waals surface area contributed by atoms with Crippen molar-refractivity contribution >= 4 is 53.1 Å². The predicted octanol–water partition coefficient (Wildman–Crippen LogP) is 10.8. The summed E-state index contributed by atoms with van der Waals surface area (Å²) in [5.74, 6) is 0.406. The minimum Gasteiger partial charge on any atom is -0.255 e. The van der Waals surface area contributed by atoms with E-state index in [9.17, 15) is 0 Å². The van der Waals surface area contributed by atoms with Gasteiger partial charge in [0, 0.05) is 27.2 Å². The molecule has 1 nitrogen and oxygen atoms in total. The smallest absolute Gasteiger partial charge is 0.0880 e. The van der Waals surface area contributed by atoms with Gasteiger partial charge in [-0.25, -0.2) is 0 Å². The highest BCUT2D eigenvalue weighted by molar-refractivity contribution is 7.26. The van der Waals surface area contributed by atoms with Crippen LogP contribution in [0.3, 0.4) is 0 Å². The van der Waals surface area contributed by atoms with Crippen molar-refractivity contribution < 1.29 is 0 Å². The zero-order valence-corrected chi connectivity index (χ0v) is 23.0. The molecule has 0 bridgehead atoms. The highest BCUT2D eigenvalue weighted by Gasteiger charge is 2.18. The number of fused-ring (bicyclic) bond motifs is 6. The van der Waals surface area contributed by atoms with Gasteiger partial charge in [0.2, 0.25) is 0 Å². The fraction of sp³-hybridized carbons (Fsp3) is 0.139. The molecule has 0 aliphatic rings. The van der Waals surface area contributed by atoms with E-state index in [4.69, 9.17) is 4.98 Å². The van der Waals surface area contributed by atoms with E-state index in [-0.39, 0.29) is 0 Å². The third-order valence-electron chi connectivity index (χ3n) is 8.01. The molecule has 0 aliphatic carbocycles. The van der Waals surface area contributed by atoms with Crippen molar-refractivity contribution in [3.05, 3.63) is 114 Å². The molecular formula is C36H29NS. The fourth-order valence-corrected chi connectivity index (χ4v) is 7.36. The van der Waals surface area contributed by atoms with Crippen LogP contribution in [0.4, 0.5) is 0 Å². The first-order chi connectivity index (χ1) is 18.5. The Hall–Kier alpha value is -4.01. The molecule has 7 aromatic rings. The number of benzene rings is 5. The Labute approximate surface area is 227 Å². The SMILES string of the molecule is Cc1ccccc1-c1ccc2c(sc3c(-c4cc(C(C)C)c5c(ccc6ccccc65)c4)nccc32)c1C. The first kappa shape index (κ1) is 23.1. The zero-order valence-electron chi connectivity index (χ0n) is 22.2. The minimum absolute atomic E-state index is 0.406. The standard InChI is InChI=1S/C36H29NS/c1-21(2)32-20-26(19-25-14-13-24-10-6-8-12-29(24)33(25)32)34-36-31(17-18-37-34)30-16-15-28(23(4)35(30)38-36)27-11-7-5-9-22(27)3/h5-21H,1-4H3. The molecule has 5 aromatic carbocycles. The lowest BCUT2D eigenvalue weighted by Gasteiger charge is -2.15. The molecule has 0 unspecified atom stereocenters. The molecule has 2 heterocycles. The van der Waals surface area contributed by atoms with Crippen molar-refractivity contribution in [2.45, 2.75) is 33.6 Å². The Morgan fingerprint density at radius 1 is 0.658 bits per heavy atom. The molecule has 0 saturated heterocycles. The second-order valence-electron chi connectivity index (χ2n) is 10.7. The lowest BCUT2D eigenvalue weighted by atomic mass is 9.89. The second kappa shape index (κ2) is 8.79. The van der Waals surface area contributed by atoms with Crippen LogP contribution in [0.25, 0.3) is 64.1 Å². The lowest BCUT2D eigenvalue weighted by molar-refractivity contribution is 0.877. The van der Waals surface area contributed by atoms with Crippen LogP contribution in [0.1, 0.15) is 36.5 Å². The summed E-state index contributed by atoms with van der Waals surface area (Å²) in [5.41, 5.74) is 8.94. The lowest BCUT2D eigenvalue weighted by Crippen LogP contribution is -1.94. The van der Waals surface area contributed by atoms with Crippen molar-refractivity contribution in [1.82, 2.24) is 4.98 Å². The van der Waals surface area contributed by atoms with Gasteiger partial charge in [0.1, 0.15) is 0 Å². The summed E-state index contributed by atoms with van der Waals surface area (Å²) in [4.78, 5) is 4.98. The van der Waals surface area contributed by atoms with Gasteiger partial charge in [-0.05, 0) is 87.3 Å². The van der Waals surface area contributed by atoms with E-state index in [1.807, 2.05) is 17.5 Å². The number of hydrogen-bond acceptors (Lipinski definition) is 2. The van der Waals surface area contributed by atoms with Crippen LogP contribution < -0.4 is 0 Å². The Morgan fingerprint density at radius 2 is 1.42 bits per heavy atom. The summed E-state index contributed by atoms with van der Waals surface area (Å²) in [6, 6.07) is 33.4. The molecule has 0 radical (unpaired) electrons. The Balaban J connectivity index is 1.49. The van der Waals surface area contributed by atoms with Crippen LogP contribution >= 0.6 is 11.3 Å². The Bertz CT molecular complexity index is 2030. The molecular weight excluding hydrogens is 478 g/mol. The van der Waals surface area contributed by atoms with Gasteiger partial charge in [-0.15, -0.1) is 11.3 Å². The summed E-state index contributed by atoms with van der Waals surface area (Å²) in [6.45, 7) is 9.06. The minimum atomic E-state index is 0.406. The predicted molar refractivity (Wildman–Crippen MR) is 167 cm³/mol. The average Bonchev–Trinajstić information content (AvgIpc) is 3.33. The Kier molecular flexibility index (Phi) is 5.35. The molecule has 184 valence electrons. The molecule has 38 heavy (non-hydrogen) atoms. The third kappa shape index (κ3) is 3.48. The number of aromatic nitrogens is 1. The molecule has 7 rings (SSSR count). The number of nitrogens with zero attached hydrogens (tertiary/aromatic N) is 1. The molecule has 0 fully saturated rings. The molecule has 2 heteroatoms. The first-order valence-electron chi connectivity index (χ1n) is 13.3. The van der Waals surface area contributed by atoms with Crippen LogP contribution in [0.2, 0.25) is 0 Å². The van der Waals surface area contributed by atoms with Gasteiger partial charge in [0.25, 0.3) is 0 Å². The van der Waals surface area contributed by atoms with Crippen molar-refractivity contribution in [2.75, 3.05) is 0 Å². The highest BCUT2D eigenvalue weighted by Crippen LogP contribution is 2.44. The molecule has 0 saturated carbocycles. The van der Waals surface area contributed by atoms with Crippen molar-refractivity contribution in [3.8, 4) is 22.4 Å². The van der Waals surface area contributed by atoms with Crippen molar-refractivity contribution in [2.24, 2.45) is 0 Å². The van der Waals surface area contributed by atoms with E-state index in [1.165, 1.54) is 75.1 Å². The maximum absolute atomic E-state index is 4.98. The summed E-state index contributed by atoms with van der Waals surface area (Å²) < 4.78 is 2.62. The third-order valence-corrected chi connectivity index (χ3v) is 9.35. The van der Waals surface area contributed by atoms with Gasteiger partial charge < -0.3 is 0 Å². The molecule has 0 atom stereocenters. The average molecular weight is 508 g/mol. The summed E-state index contributed by atoms with van der Waals surface area (Å²) >= 11 is 1.88. The normalized spacial score (nSPS) is 11.9. The van der Waals surface area contributed by atoms with Crippen molar-refractivity contribution in [1.29, 1.82) is 0 Å². The summed E-state index contributed by atoms with van der Waals surface area (Å²) in [5, 5.41) is 7.87. The van der Waals surface area contributed by atoms with Crippen LogP contribution in [0.15, 0.2) is 97.2 Å². The van der Waals surface area contributed by atoms with Gasteiger partial charge in [-0.3, -0.25) is 4.98 Å². The van der Waals surface area contributed by atoms with E-state index in [2.05, 4.69) is 119 Å². The van der Waals surface area contributed by atoms with E-state index >= 15 is 0 Å². The largest absolute Gasteiger partial charge is 0.255 e. The second-order valence-corrected chi connectivity index (χ2v) is 11.7. The number of rotatable bonds is 3. The molecule has 0 aliphatic heterocycles. The zero-order chi connectivity index (χ0) is 26.0. The summed E-state index contributed by atoms with van der Waals surface area (Å²) in [6.07, 6.45) is 1.98. The molecule has 2 aromatic heterocycles. The Morgan fingerprint density at radius 3 is 2.26 bits per heavy atom. The van der Waals surface area contributed by atoms with Gasteiger partial charge in [-0.1, -0.05) is 86.6 Å². The monoisotopic (exact) mass is 507 g/mol. The van der Waals surface area contributed by atoms with Crippen LogP contribution in [-0.4, -0.2) is 4.98 Å². The number of hydrogen-bond donors (Lipinski definition) is 0. The van der Waals surface area contributed by atoms with E-state index < -0.39 is 0 Å². The number of aryl methyl sites for hydroxylation is 2. The van der Waals surface area contributed by atoms with E-state index in [0.29, 0.717) is 5.92 Å². The van der Waals surface area contributed by atoms with Crippen LogP contribution in [0.5, 0.6) is 0 Å². The molecule has 0 spiro atoms. The topological polar surface area (TPSA) is 12.9 Å². The molecule has 0 N–H and O–H groups in total. The summed E-state index contributed by atoms with van der Waals surface area (Å²) in [7, 11) is 0. The molecule has 0 amide bonds. The van der Waals surface area contributed by atoms with Gasteiger partial charge in [-0.2, -0.15) is 0 Å². The highest BCUT2D eigenvalue weighted by atomic mass is 32.1. The van der Waals surface area contributed by atoms with E-state index in [1.54, 1.807) is 0 Å². The number of thiophene rings is 1.